The van der Waals surface area contributed by atoms with E-state index in [0.717, 1.165) is 43.7 Å². The lowest BCUT2D eigenvalue weighted by molar-refractivity contribution is -0.137. The van der Waals surface area contributed by atoms with Crippen molar-refractivity contribution in [3.8, 4) is 5.88 Å². The highest BCUT2D eigenvalue weighted by Gasteiger charge is 2.27. The summed E-state index contributed by atoms with van der Waals surface area (Å²) in [5.41, 5.74) is 2.34. The number of hydrogen-bond acceptors (Lipinski definition) is 6. The zero-order valence-corrected chi connectivity index (χ0v) is 21.2. The molecule has 2 N–H and O–H groups in total. The second kappa shape index (κ2) is 15.5. The zero-order chi connectivity index (χ0) is 25.5. The zero-order valence-electron chi connectivity index (χ0n) is 21.2. The molecule has 1 fully saturated rings. The van der Waals surface area contributed by atoms with Gasteiger partial charge in [0.05, 0.1) is 13.5 Å². The van der Waals surface area contributed by atoms with Crippen LogP contribution in [0.15, 0.2) is 36.5 Å². The summed E-state index contributed by atoms with van der Waals surface area (Å²) in [6.07, 6.45) is 6.90. The number of pyridine rings is 2. The van der Waals surface area contributed by atoms with Gasteiger partial charge in [-0.3, -0.25) is 4.79 Å². The van der Waals surface area contributed by atoms with Crippen molar-refractivity contribution < 1.29 is 19.4 Å². The molecule has 192 valence electrons. The van der Waals surface area contributed by atoms with Gasteiger partial charge in [0.1, 0.15) is 5.82 Å². The number of amides is 2. The van der Waals surface area contributed by atoms with Gasteiger partial charge in [0.25, 0.3) is 0 Å². The van der Waals surface area contributed by atoms with Crippen molar-refractivity contribution in [1.82, 2.24) is 19.8 Å². The number of hydrogen-bond donors (Lipinski definition) is 2. The molecule has 2 aromatic heterocycles. The number of carboxylic acids is 1. The first-order chi connectivity index (χ1) is 17.0. The van der Waals surface area contributed by atoms with Gasteiger partial charge in [-0.05, 0) is 43.4 Å². The molecule has 0 aliphatic carbocycles. The van der Waals surface area contributed by atoms with Crippen LogP contribution in [-0.2, 0) is 17.6 Å². The van der Waals surface area contributed by atoms with Crippen molar-refractivity contribution >= 4 is 17.8 Å². The van der Waals surface area contributed by atoms with Crippen molar-refractivity contribution in [1.29, 1.82) is 0 Å². The molecule has 0 bridgehead atoms. The number of aromatic nitrogens is 2. The third-order valence-electron chi connectivity index (χ3n) is 5.44. The second-order valence-corrected chi connectivity index (χ2v) is 8.42. The van der Waals surface area contributed by atoms with E-state index in [0.29, 0.717) is 32.1 Å². The number of carbonyl (C=O) groups is 2. The number of nitrogens with one attached hydrogen (secondary N) is 1. The number of carboxylic acid groups (broad SMARTS) is 1. The molecule has 2 aliphatic rings. The molecule has 4 heterocycles. The van der Waals surface area contributed by atoms with Gasteiger partial charge in [-0.25, -0.2) is 14.8 Å². The lowest BCUT2D eigenvalue weighted by atomic mass is 10.1. The SMILES string of the molecule is CCC.COc1ccccn1.O=C(O)CCN1CCN(CCCc2ccc3c(n2)NCCC3)C1=O. The van der Waals surface area contributed by atoms with Crippen LogP contribution in [0.4, 0.5) is 10.6 Å². The Bertz CT molecular complexity index is 910. The molecule has 0 unspecified atom stereocenters. The predicted molar refractivity (Wildman–Crippen MR) is 137 cm³/mol. The molecule has 0 radical (unpaired) electrons. The molecular formula is C26H39N5O4. The standard InChI is InChI=1S/C17H24N4O3.C6H7NO.C3H8/c22-15(23)7-10-21-12-11-20(17(21)24)9-2-4-14-6-5-13-3-1-8-18-16(13)19-14;1-8-6-4-2-3-5-7-6;1-3-2/h5-6H,1-4,7-12H2,(H,18,19)(H,22,23);2-5H,1H3;3H2,1-2H3. The number of rotatable bonds is 8. The smallest absolute Gasteiger partial charge is 0.320 e. The number of methoxy groups -OCH3 is 1. The van der Waals surface area contributed by atoms with E-state index in [1.807, 2.05) is 12.1 Å². The molecule has 2 aliphatic heterocycles. The van der Waals surface area contributed by atoms with Crippen LogP contribution in [0.25, 0.3) is 0 Å². The van der Waals surface area contributed by atoms with Crippen molar-refractivity contribution in [2.75, 3.05) is 45.2 Å². The van der Waals surface area contributed by atoms with Crippen LogP contribution in [0.5, 0.6) is 5.88 Å². The van der Waals surface area contributed by atoms with Gasteiger partial charge in [-0.1, -0.05) is 32.4 Å². The minimum Gasteiger partial charge on any atom is -0.481 e. The summed E-state index contributed by atoms with van der Waals surface area (Å²) in [6.45, 7) is 7.51. The highest BCUT2D eigenvalue weighted by Crippen LogP contribution is 2.20. The molecule has 9 nitrogen and oxygen atoms in total. The molecule has 0 spiro atoms. The average Bonchev–Trinajstić information content (AvgIpc) is 3.23. The topological polar surface area (TPSA) is 108 Å². The van der Waals surface area contributed by atoms with Crippen LogP contribution in [0, 0.1) is 0 Å². The first-order valence-electron chi connectivity index (χ1n) is 12.4. The Morgan fingerprint density at radius 2 is 1.89 bits per heavy atom. The van der Waals surface area contributed by atoms with Crippen LogP contribution in [0.1, 0.15) is 50.8 Å². The Labute approximate surface area is 208 Å². The number of fused-ring (bicyclic) bond motifs is 1. The van der Waals surface area contributed by atoms with Gasteiger partial charge in [0.15, 0.2) is 0 Å². The Hall–Kier alpha value is -3.36. The molecule has 0 atom stereocenters. The Balaban J connectivity index is 0.000000327. The minimum atomic E-state index is -0.867. The van der Waals surface area contributed by atoms with E-state index in [4.69, 9.17) is 9.84 Å². The molecule has 4 rings (SSSR count). The summed E-state index contributed by atoms with van der Waals surface area (Å²) >= 11 is 0. The van der Waals surface area contributed by atoms with Crippen molar-refractivity contribution in [3.05, 3.63) is 47.8 Å². The van der Waals surface area contributed by atoms with E-state index >= 15 is 0 Å². The highest BCUT2D eigenvalue weighted by molar-refractivity contribution is 5.77. The van der Waals surface area contributed by atoms with Gasteiger partial charge < -0.3 is 25.0 Å². The lowest BCUT2D eigenvalue weighted by Crippen LogP contribution is -2.33. The molecular weight excluding hydrogens is 446 g/mol. The molecule has 0 aromatic carbocycles. The van der Waals surface area contributed by atoms with E-state index in [2.05, 4.69) is 41.3 Å². The summed E-state index contributed by atoms with van der Waals surface area (Å²) in [6, 6.07) is 9.72. The van der Waals surface area contributed by atoms with Crippen molar-refractivity contribution in [2.45, 2.75) is 52.4 Å². The van der Waals surface area contributed by atoms with Gasteiger partial charge in [0, 0.05) is 50.7 Å². The summed E-state index contributed by atoms with van der Waals surface area (Å²) in [5.74, 6) is 0.802. The Morgan fingerprint density at radius 1 is 1.14 bits per heavy atom. The minimum absolute atomic E-state index is 0.00558. The first-order valence-corrected chi connectivity index (χ1v) is 12.4. The molecule has 2 aromatic rings. The maximum atomic E-state index is 12.2. The van der Waals surface area contributed by atoms with Crippen LogP contribution < -0.4 is 10.1 Å². The second-order valence-electron chi connectivity index (χ2n) is 8.42. The molecule has 35 heavy (non-hydrogen) atoms. The number of anilines is 1. The summed E-state index contributed by atoms with van der Waals surface area (Å²) < 4.78 is 4.80. The Kier molecular flexibility index (Phi) is 12.4. The third kappa shape index (κ3) is 9.80. The van der Waals surface area contributed by atoms with Gasteiger partial charge >= 0.3 is 12.0 Å². The number of ether oxygens (including phenoxy) is 1. The van der Waals surface area contributed by atoms with Crippen LogP contribution in [-0.4, -0.2) is 76.7 Å². The normalized spacial score (nSPS) is 14.1. The molecule has 2 amide bonds. The maximum Gasteiger partial charge on any atom is 0.320 e. The lowest BCUT2D eigenvalue weighted by Gasteiger charge is -2.19. The predicted octanol–water partition coefficient (Wildman–Crippen LogP) is 4.09. The average molecular weight is 486 g/mol. The van der Waals surface area contributed by atoms with Gasteiger partial charge in [-0.2, -0.15) is 0 Å². The molecule has 9 heteroatoms. The fourth-order valence-electron chi connectivity index (χ4n) is 3.71. The fraction of sp³-hybridized carbons (Fsp3) is 0.538. The number of aryl methyl sites for hydroxylation is 2. The van der Waals surface area contributed by atoms with Crippen LogP contribution >= 0.6 is 0 Å². The maximum absolute atomic E-state index is 12.2. The number of carbonyl (C=O) groups excluding carboxylic acids is 1. The van der Waals surface area contributed by atoms with Crippen molar-refractivity contribution in [3.63, 3.8) is 0 Å². The summed E-state index contributed by atoms with van der Waals surface area (Å²) in [7, 11) is 1.60. The van der Waals surface area contributed by atoms with E-state index in [9.17, 15) is 9.59 Å². The molecule has 1 saturated heterocycles. The van der Waals surface area contributed by atoms with Gasteiger partial charge in [0.2, 0.25) is 5.88 Å². The van der Waals surface area contributed by atoms with Crippen LogP contribution in [0.2, 0.25) is 0 Å². The van der Waals surface area contributed by atoms with E-state index in [1.54, 1.807) is 29.2 Å². The summed E-state index contributed by atoms with van der Waals surface area (Å²) in [5, 5.41) is 12.1. The van der Waals surface area contributed by atoms with E-state index < -0.39 is 5.97 Å². The number of aliphatic carboxylic acids is 1. The Morgan fingerprint density at radius 3 is 2.51 bits per heavy atom. The molecule has 0 saturated carbocycles. The van der Waals surface area contributed by atoms with E-state index in [-0.39, 0.29) is 12.5 Å². The van der Waals surface area contributed by atoms with E-state index in [1.165, 1.54) is 12.0 Å². The summed E-state index contributed by atoms with van der Waals surface area (Å²) in [4.78, 5) is 34.8. The van der Waals surface area contributed by atoms with Gasteiger partial charge in [-0.15, -0.1) is 0 Å². The number of urea groups is 1. The van der Waals surface area contributed by atoms with Crippen LogP contribution in [0.3, 0.4) is 0 Å². The first kappa shape index (κ1) is 27.9. The fourth-order valence-corrected chi connectivity index (χ4v) is 3.71. The monoisotopic (exact) mass is 485 g/mol. The third-order valence-corrected chi connectivity index (χ3v) is 5.44. The number of nitrogens with zero attached hydrogens (tertiary/aromatic N) is 4. The van der Waals surface area contributed by atoms with Crippen molar-refractivity contribution in [2.24, 2.45) is 0 Å². The quantitative estimate of drug-likeness (QED) is 0.580. The highest BCUT2D eigenvalue weighted by atomic mass is 16.5. The largest absolute Gasteiger partial charge is 0.481 e.